The molecule has 2 aliphatic rings. The van der Waals surface area contributed by atoms with Crippen LogP contribution in [0.2, 0.25) is 0 Å². The molecular weight excluding hydrogens is 560 g/mol. The number of aromatic hydroxyl groups is 3. The van der Waals surface area contributed by atoms with Gasteiger partial charge in [-0.15, -0.1) is 0 Å². The molecule has 1 aromatic heterocycles. The fourth-order valence-corrected chi connectivity index (χ4v) is 5.15. The van der Waals surface area contributed by atoms with Gasteiger partial charge in [0, 0.05) is 17.7 Å². The Bertz CT molecular complexity index is 1570. The van der Waals surface area contributed by atoms with Crippen molar-refractivity contribution in [2.24, 2.45) is 0 Å². The lowest BCUT2D eigenvalue weighted by molar-refractivity contribution is -0.323. The van der Waals surface area contributed by atoms with Crippen molar-refractivity contribution in [1.29, 1.82) is 0 Å². The fourth-order valence-electron chi connectivity index (χ4n) is 5.15. The smallest absolute Gasteiger partial charge is 0.197 e. The van der Waals surface area contributed by atoms with Crippen molar-refractivity contribution < 1.29 is 63.9 Å². The number of carbonyl (C=O) groups is 1. The first kappa shape index (κ1) is 29.7. The summed E-state index contributed by atoms with van der Waals surface area (Å²) in [4.78, 5) is 25.9. The van der Waals surface area contributed by atoms with Crippen LogP contribution in [0.1, 0.15) is 25.5 Å². The van der Waals surface area contributed by atoms with Crippen LogP contribution in [0.5, 0.6) is 23.0 Å². The van der Waals surface area contributed by atoms with Gasteiger partial charge in [-0.1, -0.05) is 0 Å². The highest BCUT2D eigenvalue weighted by molar-refractivity contribution is 5.90. The Hall–Kier alpha value is -3.76. The van der Waals surface area contributed by atoms with E-state index in [9.17, 15) is 45.3 Å². The summed E-state index contributed by atoms with van der Waals surface area (Å²) in [7, 11) is 1.34. The van der Waals surface area contributed by atoms with Crippen LogP contribution in [0.3, 0.4) is 0 Å². The number of aliphatic hydroxyl groups excluding tert-OH is 4. The molecule has 3 aromatic rings. The van der Waals surface area contributed by atoms with Gasteiger partial charge >= 0.3 is 0 Å². The van der Waals surface area contributed by atoms with E-state index in [0.717, 1.165) is 12.1 Å². The lowest BCUT2D eigenvalue weighted by Gasteiger charge is -2.44. The maximum atomic E-state index is 13.2. The standard InChI is InChI=1S/C28H30O14/c1-9-21(33)24(36)27(42-28-25(37)23(35)20(32)10(2)40-28)26(39-9)19-14(31)8-17-18(22(19)34)13(30)7-15(41-17)11-4-5-12(29)16(6-11)38-3/h4-10,20,23-29,31-32,34-37H,1-3H3/t9-,10-,20-,23+,24+,25-,26+,27-,28-/m0/s1. The molecule has 2 fully saturated rings. The Balaban J connectivity index is 1.58. The van der Waals surface area contributed by atoms with E-state index in [-0.39, 0.29) is 28.2 Å². The second-order valence-corrected chi connectivity index (χ2v) is 10.2. The molecular formula is C28H30O14. The summed E-state index contributed by atoms with van der Waals surface area (Å²) in [5.74, 6) is -2.25. The molecule has 0 aliphatic carbocycles. The first-order valence-corrected chi connectivity index (χ1v) is 13.0. The Morgan fingerprint density at radius 3 is 2.26 bits per heavy atom. The minimum Gasteiger partial charge on any atom is -0.507 e. The van der Waals surface area contributed by atoms with E-state index in [2.05, 4.69) is 0 Å². The summed E-state index contributed by atoms with van der Waals surface area (Å²) in [5.41, 5.74) is -1.03. The molecule has 0 spiro atoms. The second-order valence-electron chi connectivity index (χ2n) is 10.2. The Kier molecular flexibility index (Phi) is 7.89. The summed E-state index contributed by atoms with van der Waals surface area (Å²) in [6, 6.07) is 6.33. The van der Waals surface area contributed by atoms with Crippen molar-refractivity contribution in [3.05, 3.63) is 46.1 Å². The van der Waals surface area contributed by atoms with Gasteiger partial charge in [-0.25, -0.2) is 0 Å². The molecule has 14 heteroatoms. The van der Waals surface area contributed by atoms with Gasteiger partial charge in [0.15, 0.2) is 29.0 Å². The quantitative estimate of drug-likeness (QED) is 0.211. The van der Waals surface area contributed by atoms with Crippen molar-refractivity contribution in [3.63, 3.8) is 0 Å². The lowest BCUT2D eigenvalue weighted by Crippen LogP contribution is -2.60. The van der Waals surface area contributed by atoms with Crippen molar-refractivity contribution in [2.45, 2.75) is 69.0 Å². The first-order chi connectivity index (χ1) is 19.8. The van der Waals surface area contributed by atoms with Crippen LogP contribution in [0.4, 0.5) is 0 Å². The molecule has 2 aromatic carbocycles. The molecule has 0 unspecified atom stereocenters. The summed E-state index contributed by atoms with van der Waals surface area (Å²) in [5, 5.41) is 73.2. The second kappa shape index (κ2) is 11.1. The molecule has 2 aliphatic heterocycles. The van der Waals surface area contributed by atoms with Gasteiger partial charge in [0.1, 0.15) is 71.0 Å². The average molecular weight is 591 g/mol. The Labute approximate surface area is 237 Å². The predicted molar refractivity (Wildman–Crippen MR) is 141 cm³/mol. The highest BCUT2D eigenvalue weighted by Crippen LogP contribution is 2.45. The number of methoxy groups -OCH3 is 1. The number of fused-ring (bicyclic) bond motifs is 1. The SMILES string of the molecule is COc1cc(-c2cc(=O)c3c(O)c([C@H]4O[C@@H](C)C(=O)[C@@H](O)[C@@H]4O[C@@H]4O[C@@H](C)[C@H](O)[C@@H](O)[C@@H]4O)c(O)cc3o2)ccc1O. The van der Waals surface area contributed by atoms with Gasteiger partial charge in [-0.05, 0) is 32.0 Å². The van der Waals surface area contributed by atoms with Crippen LogP contribution in [0.25, 0.3) is 22.3 Å². The number of rotatable bonds is 5. The van der Waals surface area contributed by atoms with Gasteiger partial charge in [-0.2, -0.15) is 0 Å². The predicted octanol–water partition coefficient (Wildman–Crippen LogP) is 0.188. The van der Waals surface area contributed by atoms with E-state index in [1.807, 2.05) is 0 Å². The topological polar surface area (TPSA) is 226 Å². The van der Waals surface area contributed by atoms with E-state index in [4.69, 9.17) is 23.4 Å². The van der Waals surface area contributed by atoms with Crippen LogP contribution >= 0.6 is 0 Å². The molecule has 226 valence electrons. The summed E-state index contributed by atoms with van der Waals surface area (Å²) in [6.07, 6.45) is -14.1. The van der Waals surface area contributed by atoms with E-state index < -0.39 is 83.4 Å². The number of ether oxygens (including phenoxy) is 4. The molecule has 2 saturated heterocycles. The normalized spacial score (nSPS) is 31.8. The highest BCUT2D eigenvalue weighted by atomic mass is 16.7. The van der Waals surface area contributed by atoms with Gasteiger partial charge in [-0.3, -0.25) is 9.59 Å². The monoisotopic (exact) mass is 590 g/mol. The minimum absolute atomic E-state index is 0.0282. The largest absolute Gasteiger partial charge is 0.507 e. The Morgan fingerprint density at radius 1 is 0.857 bits per heavy atom. The Morgan fingerprint density at radius 2 is 1.57 bits per heavy atom. The molecule has 9 atom stereocenters. The zero-order valence-electron chi connectivity index (χ0n) is 22.6. The molecule has 7 N–H and O–H groups in total. The van der Waals surface area contributed by atoms with Crippen LogP contribution in [0, 0.1) is 0 Å². The maximum Gasteiger partial charge on any atom is 0.197 e. The highest BCUT2D eigenvalue weighted by Gasteiger charge is 2.50. The van der Waals surface area contributed by atoms with Crippen molar-refractivity contribution in [3.8, 4) is 34.3 Å². The van der Waals surface area contributed by atoms with Gasteiger partial charge in [0.2, 0.25) is 0 Å². The summed E-state index contributed by atoms with van der Waals surface area (Å²) in [6.45, 7) is 2.72. The van der Waals surface area contributed by atoms with Crippen LogP contribution in [-0.2, 0) is 19.0 Å². The van der Waals surface area contributed by atoms with E-state index in [1.54, 1.807) is 0 Å². The number of carbonyl (C=O) groups excluding carboxylic acids is 1. The number of benzene rings is 2. The third-order valence-electron chi connectivity index (χ3n) is 7.51. The zero-order chi connectivity index (χ0) is 30.6. The van der Waals surface area contributed by atoms with Gasteiger partial charge in [0.05, 0.1) is 18.8 Å². The van der Waals surface area contributed by atoms with Crippen LogP contribution < -0.4 is 10.2 Å². The number of hydrogen-bond acceptors (Lipinski definition) is 14. The lowest BCUT2D eigenvalue weighted by atomic mass is 9.90. The van der Waals surface area contributed by atoms with E-state index >= 15 is 0 Å². The number of Topliss-reactive ketones (excluding diaryl/α,β-unsaturated/α-hetero) is 1. The summed E-state index contributed by atoms with van der Waals surface area (Å²) >= 11 is 0. The fraction of sp³-hybridized carbons (Fsp3) is 0.429. The van der Waals surface area contributed by atoms with Gasteiger partial charge in [0.25, 0.3) is 0 Å². The molecule has 3 heterocycles. The maximum absolute atomic E-state index is 13.2. The van der Waals surface area contributed by atoms with Gasteiger partial charge < -0.3 is 59.1 Å². The number of hydrogen-bond donors (Lipinski definition) is 7. The number of ketones is 1. The molecule has 14 nitrogen and oxygen atoms in total. The third kappa shape index (κ3) is 4.96. The van der Waals surface area contributed by atoms with Crippen LogP contribution in [0.15, 0.2) is 39.5 Å². The summed E-state index contributed by atoms with van der Waals surface area (Å²) < 4.78 is 27.7. The number of phenols is 3. The van der Waals surface area contributed by atoms with E-state index in [1.165, 1.54) is 39.2 Å². The van der Waals surface area contributed by atoms with Crippen molar-refractivity contribution in [2.75, 3.05) is 7.11 Å². The molecule has 0 amide bonds. The van der Waals surface area contributed by atoms with Crippen molar-refractivity contribution >= 4 is 16.8 Å². The average Bonchev–Trinajstić information content (AvgIpc) is 2.95. The molecule has 0 radical (unpaired) electrons. The molecule has 42 heavy (non-hydrogen) atoms. The first-order valence-electron chi connectivity index (χ1n) is 13.0. The van der Waals surface area contributed by atoms with E-state index in [0.29, 0.717) is 5.56 Å². The molecule has 0 bridgehead atoms. The third-order valence-corrected chi connectivity index (χ3v) is 7.51. The van der Waals surface area contributed by atoms with Crippen LogP contribution in [-0.4, -0.2) is 97.7 Å². The molecule has 0 saturated carbocycles. The minimum atomic E-state index is -1.91. The molecule has 5 rings (SSSR count). The van der Waals surface area contributed by atoms with Crippen molar-refractivity contribution in [1.82, 2.24) is 0 Å². The number of aliphatic hydroxyl groups is 4. The zero-order valence-corrected chi connectivity index (χ0v) is 22.6. The number of phenolic OH excluding ortho intramolecular Hbond substituents is 3.